The summed E-state index contributed by atoms with van der Waals surface area (Å²) >= 11 is 0. The van der Waals surface area contributed by atoms with E-state index in [4.69, 9.17) is 4.55 Å². The molecular formula is C14H30O4S. The van der Waals surface area contributed by atoms with E-state index in [1.807, 2.05) is 13.8 Å². The minimum absolute atomic E-state index is 0.173. The molecule has 5 heteroatoms. The van der Waals surface area contributed by atoms with Gasteiger partial charge in [-0.2, -0.15) is 8.42 Å². The molecule has 0 aliphatic carbocycles. The van der Waals surface area contributed by atoms with Crippen LogP contribution in [-0.4, -0.2) is 29.4 Å². The van der Waals surface area contributed by atoms with Gasteiger partial charge in [0.25, 0.3) is 10.1 Å². The second kappa shape index (κ2) is 10.6. The van der Waals surface area contributed by atoms with Gasteiger partial charge in [0, 0.05) is 0 Å². The van der Waals surface area contributed by atoms with Crippen LogP contribution in [0.4, 0.5) is 0 Å². The lowest BCUT2D eigenvalue weighted by Crippen LogP contribution is -2.20. The number of hydrogen-bond acceptors (Lipinski definition) is 3. The minimum atomic E-state index is -3.87. The smallest absolute Gasteiger partial charge is 0.267 e. The van der Waals surface area contributed by atoms with Crippen LogP contribution < -0.4 is 0 Å². The van der Waals surface area contributed by atoms with Crippen LogP contribution in [0.5, 0.6) is 0 Å². The quantitative estimate of drug-likeness (QED) is 0.426. The standard InChI is InChI=1S/C14H30O4S/c1-3-10-14(19(16,17)18)12-9-7-5-6-8-11-13(15)4-2/h13-15H,3-12H2,1-2H3,(H,16,17,18). The van der Waals surface area contributed by atoms with Gasteiger partial charge in [-0.1, -0.05) is 52.4 Å². The second-order valence-electron chi connectivity index (χ2n) is 5.33. The molecule has 2 N–H and O–H groups in total. The van der Waals surface area contributed by atoms with Gasteiger partial charge in [-0.25, -0.2) is 0 Å². The van der Waals surface area contributed by atoms with Gasteiger partial charge in [0.2, 0.25) is 0 Å². The van der Waals surface area contributed by atoms with Crippen LogP contribution >= 0.6 is 0 Å². The molecule has 0 aliphatic heterocycles. The van der Waals surface area contributed by atoms with Crippen LogP contribution in [0.3, 0.4) is 0 Å². The fourth-order valence-corrected chi connectivity index (χ4v) is 3.25. The Morgan fingerprint density at radius 1 is 0.895 bits per heavy atom. The van der Waals surface area contributed by atoms with Gasteiger partial charge < -0.3 is 5.11 Å². The van der Waals surface area contributed by atoms with Gasteiger partial charge in [-0.3, -0.25) is 4.55 Å². The van der Waals surface area contributed by atoms with E-state index in [0.717, 1.165) is 51.4 Å². The van der Waals surface area contributed by atoms with Gasteiger partial charge >= 0.3 is 0 Å². The number of hydrogen-bond donors (Lipinski definition) is 2. The van der Waals surface area contributed by atoms with E-state index in [1.54, 1.807) is 0 Å². The Morgan fingerprint density at radius 3 is 1.89 bits per heavy atom. The number of aliphatic hydroxyl groups excluding tert-OH is 1. The van der Waals surface area contributed by atoms with Crippen molar-refractivity contribution in [2.45, 2.75) is 89.4 Å². The molecule has 0 aliphatic rings. The number of rotatable bonds is 12. The Kier molecular flexibility index (Phi) is 10.6. The summed E-state index contributed by atoms with van der Waals surface area (Å²) < 4.78 is 31.3. The first-order chi connectivity index (χ1) is 8.91. The summed E-state index contributed by atoms with van der Waals surface area (Å²) in [7, 11) is -3.87. The summed E-state index contributed by atoms with van der Waals surface area (Å²) in [5.41, 5.74) is 0. The van der Waals surface area contributed by atoms with Crippen LogP contribution in [0.15, 0.2) is 0 Å². The average molecular weight is 294 g/mol. The molecule has 19 heavy (non-hydrogen) atoms. The predicted octanol–water partition coefficient (Wildman–Crippen LogP) is 3.54. The topological polar surface area (TPSA) is 74.6 Å². The van der Waals surface area contributed by atoms with Gasteiger partial charge in [0.1, 0.15) is 0 Å². The zero-order valence-corrected chi connectivity index (χ0v) is 13.2. The van der Waals surface area contributed by atoms with E-state index in [0.29, 0.717) is 12.8 Å². The summed E-state index contributed by atoms with van der Waals surface area (Å²) in [6, 6.07) is 0. The van der Waals surface area contributed by atoms with Crippen LogP contribution in [0, 0.1) is 0 Å². The lowest BCUT2D eigenvalue weighted by Gasteiger charge is -2.12. The van der Waals surface area contributed by atoms with E-state index < -0.39 is 15.4 Å². The van der Waals surface area contributed by atoms with E-state index in [1.165, 1.54) is 0 Å². The molecule has 0 aromatic carbocycles. The first-order valence-corrected chi connectivity index (χ1v) is 9.06. The van der Waals surface area contributed by atoms with Gasteiger partial charge in [-0.05, 0) is 25.7 Å². The van der Waals surface area contributed by atoms with E-state index in [-0.39, 0.29) is 6.10 Å². The van der Waals surface area contributed by atoms with Crippen LogP contribution in [0.1, 0.15) is 78.1 Å². The van der Waals surface area contributed by atoms with Crippen molar-refractivity contribution < 1.29 is 18.1 Å². The van der Waals surface area contributed by atoms with Crippen molar-refractivity contribution in [3.63, 3.8) is 0 Å². The third kappa shape index (κ3) is 10.3. The molecule has 116 valence electrons. The van der Waals surface area contributed by atoms with E-state index in [2.05, 4.69) is 0 Å². The molecule has 0 spiro atoms. The van der Waals surface area contributed by atoms with E-state index in [9.17, 15) is 13.5 Å². The predicted molar refractivity (Wildman–Crippen MR) is 78.9 cm³/mol. The van der Waals surface area contributed by atoms with Crippen LogP contribution in [0.25, 0.3) is 0 Å². The molecule has 0 heterocycles. The molecule has 0 rings (SSSR count). The molecule has 0 aromatic heterocycles. The zero-order chi connectivity index (χ0) is 14.7. The van der Waals surface area contributed by atoms with Crippen molar-refractivity contribution in [1.82, 2.24) is 0 Å². The molecule has 4 nitrogen and oxygen atoms in total. The molecule has 0 bridgehead atoms. The normalized spacial score (nSPS) is 15.4. The first-order valence-electron chi connectivity index (χ1n) is 7.56. The summed E-state index contributed by atoms with van der Waals surface area (Å²) in [5, 5.41) is 8.80. The minimum Gasteiger partial charge on any atom is -0.393 e. The van der Waals surface area contributed by atoms with Gasteiger partial charge in [0.05, 0.1) is 11.4 Å². The van der Waals surface area contributed by atoms with Crippen molar-refractivity contribution >= 4 is 10.1 Å². The summed E-state index contributed by atoms with van der Waals surface area (Å²) in [6.07, 6.45) is 8.42. The third-order valence-corrected chi connectivity index (χ3v) is 4.88. The largest absolute Gasteiger partial charge is 0.393 e. The number of aliphatic hydroxyl groups is 1. The molecule has 0 saturated carbocycles. The van der Waals surface area contributed by atoms with Crippen LogP contribution in [0.2, 0.25) is 0 Å². The SMILES string of the molecule is CCCC(CCCCCCCC(O)CC)S(=O)(=O)O. The van der Waals surface area contributed by atoms with Gasteiger partial charge in [-0.15, -0.1) is 0 Å². The molecule has 0 aromatic rings. The Bertz CT molecular complexity index is 301. The monoisotopic (exact) mass is 294 g/mol. The van der Waals surface area contributed by atoms with Crippen LogP contribution in [-0.2, 0) is 10.1 Å². The fourth-order valence-electron chi connectivity index (χ4n) is 2.25. The highest BCUT2D eigenvalue weighted by molar-refractivity contribution is 7.86. The fraction of sp³-hybridized carbons (Fsp3) is 1.00. The molecular weight excluding hydrogens is 264 g/mol. The molecule has 0 radical (unpaired) electrons. The first kappa shape index (κ1) is 18.9. The molecule has 0 fully saturated rings. The highest BCUT2D eigenvalue weighted by atomic mass is 32.2. The molecule has 2 atom stereocenters. The van der Waals surface area contributed by atoms with Crippen molar-refractivity contribution in [3.8, 4) is 0 Å². The third-order valence-electron chi connectivity index (χ3n) is 3.57. The average Bonchev–Trinajstić information content (AvgIpc) is 2.34. The second-order valence-corrected chi connectivity index (χ2v) is 7.03. The zero-order valence-electron chi connectivity index (χ0n) is 12.3. The maximum Gasteiger partial charge on any atom is 0.267 e. The van der Waals surface area contributed by atoms with Crippen molar-refractivity contribution in [3.05, 3.63) is 0 Å². The molecule has 0 saturated heterocycles. The maximum absolute atomic E-state index is 11.1. The molecule has 0 amide bonds. The van der Waals surface area contributed by atoms with Crippen molar-refractivity contribution in [2.24, 2.45) is 0 Å². The maximum atomic E-state index is 11.1. The summed E-state index contributed by atoms with van der Waals surface area (Å²) in [6.45, 7) is 3.91. The summed E-state index contributed by atoms with van der Waals surface area (Å²) in [5.74, 6) is 0. The Morgan fingerprint density at radius 2 is 1.42 bits per heavy atom. The number of unbranched alkanes of at least 4 members (excludes halogenated alkanes) is 4. The van der Waals surface area contributed by atoms with Crippen molar-refractivity contribution in [2.75, 3.05) is 0 Å². The Labute approximate surface area is 118 Å². The lowest BCUT2D eigenvalue weighted by molar-refractivity contribution is 0.156. The highest BCUT2D eigenvalue weighted by Gasteiger charge is 2.20. The molecule has 2 unspecified atom stereocenters. The Hall–Kier alpha value is -0.130. The van der Waals surface area contributed by atoms with Crippen molar-refractivity contribution in [1.29, 1.82) is 0 Å². The highest BCUT2D eigenvalue weighted by Crippen LogP contribution is 2.17. The summed E-state index contributed by atoms with van der Waals surface area (Å²) in [4.78, 5) is 0. The Balaban J connectivity index is 3.61. The van der Waals surface area contributed by atoms with E-state index >= 15 is 0 Å². The van der Waals surface area contributed by atoms with Gasteiger partial charge in [0.15, 0.2) is 0 Å². The lowest BCUT2D eigenvalue weighted by atomic mass is 10.0.